The summed E-state index contributed by atoms with van der Waals surface area (Å²) in [5.41, 5.74) is 2.52. The fourth-order valence-corrected chi connectivity index (χ4v) is 2.15. The topological polar surface area (TPSA) is 30.5 Å². The molecule has 1 N–H and O–H groups in total. The van der Waals surface area contributed by atoms with Crippen LogP contribution >= 0.6 is 0 Å². The quantitative estimate of drug-likeness (QED) is 0.821. The van der Waals surface area contributed by atoms with Crippen molar-refractivity contribution in [1.29, 1.82) is 0 Å². The predicted molar refractivity (Wildman–Crippen MR) is 69.5 cm³/mol. The van der Waals surface area contributed by atoms with E-state index >= 15 is 0 Å². The van der Waals surface area contributed by atoms with Gasteiger partial charge in [-0.2, -0.15) is 0 Å². The molecule has 1 saturated heterocycles. The lowest BCUT2D eigenvalue weighted by molar-refractivity contribution is 0.120. The van der Waals surface area contributed by atoms with Crippen molar-refractivity contribution in [3.05, 3.63) is 29.8 Å². The molecule has 0 spiro atoms. The monoisotopic (exact) mass is 235 g/mol. The zero-order chi connectivity index (χ0) is 11.9. The highest BCUT2D eigenvalue weighted by atomic mass is 16.5. The molecule has 2 rings (SSSR count). The summed E-state index contributed by atoms with van der Waals surface area (Å²) in [4.78, 5) is 0. The molecule has 0 saturated carbocycles. The summed E-state index contributed by atoms with van der Waals surface area (Å²) in [5, 5.41) is 3.48. The molecule has 0 aliphatic carbocycles. The Bertz CT molecular complexity index is 335. The van der Waals surface area contributed by atoms with Crippen LogP contribution in [0.25, 0.3) is 0 Å². The van der Waals surface area contributed by atoms with Gasteiger partial charge in [0.25, 0.3) is 0 Å². The summed E-state index contributed by atoms with van der Waals surface area (Å²) < 4.78 is 10.7. The maximum Gasteiger partial charge on any atom is 0.0748 e. The molecular formula is C14H21NO2. The van der Waals surface area contributed by atoms with E-state index in [2.05, 4.69) is 29.6 Å². The molecule has 1 atom stereocenters. The van der Waals surface area contributed by atoms with E-state index in [1.54, 1.807) is 7.11 Å². The fourth-order valence-electron chi connectivity index (χ4n) is 2.15. The van der Waals surface area contributed by atoms with Crippen LogP contribution in [0.15, 0.2) is 24.3 Å². The largest absolute Gasteiger partial charge is 0.384 e. The molecule has 0 amide bonds. The van der Waals surface area contributed by atoms with E-state index in [4.69, 9.17) is 9.47 Å². The molecule has 94 valence electrons. The van der Waals surface area contributed by atoms with E-state index in [0.29, 0.717) is 6.10 Å². The number of methoxy groups -OCH3 is 1. The molecule has 1 unspecified atom stereocenters. The number of benzene rings is 1. The van der Waals surface area contributed by atoms with Gasteiger partial charge < -0.3 is 14.8 Å². The molecule has 0 bridgehead atoms. The summed E-state index contributed by atoms with van der Waals surface area (Å²) in [6.45, 7) is 2.58. The second-order valence-electron chi connectivity index (χ2n) is 4.42. The van der Waals surface area contributed by atoms with Gasteiger partial charge in [0.15, 0.2) is 0 Å². The highest BCUT2D eigenvalue weighted by Gasteiger charge is 2.15. The SMILES string of the molecule is COCCc1ccccc1NCC1CCCO1. The van der Waals surface area contributed by atoms with E-state index in [1.165, 1.54) is 24.1 Å². The van der Waals surface area contributed by atoms with Crippen molar-refractivity contribution in [3.8, 4) is 0 Å². The van der Waals surface area contributed by atoms with Crippen molar-refractivity contribution in [1.82, 2.24) is 0 Å². The van der Waals surface area contributed by atoms with Gasteiger partial charge in [0, 0.05) is 25.9 Å². The summed E-state index contributed by atoms with van der Waals surface area (Å²) in [6, 6.07) is 8.41. The molecule has 17 heavy (non-hydrogen) atoms. The third-order valence-corrected chi connectivity index (χ3v) is 3.14. The average molecular weight is 235 g/mol. The van der Waals surface area contributed by atoms with Gasteiger partial charge in [0.2, 0.25) is 0 Å². The number of hydrogen-bond donors (Lipinski definition) is 1. The summed E-state index contributed by atoms with van der Waals surface area (Å²) in [5.74, 6) is 0. The molecule has 1 fully saturated rings. The second-order valence-corrected chi connectivity index (χ2v) is 4.42. The van der Waals surface area contributed by atoms with Crippen LogP contribution in [0.4, 0.5) is 5.69 Å². The smallest absolute Gasteiger partial charge is 0.0748 e. The van der Waals surface area contributed by atoms with Crippen molar-refractivity contribution in [2.75, 3.05) is 32.2 Å². The number of ether oxygens (including phenoxy) is 2. The predicted octanol–water partition coefficient (Wildman–Crippen LogP) is 2.47. The van der Waals surface area contributed by atoms with Crippen molar-refractivity contribution < 1.29 is 9.47 Å². The maximum absolute atomic E-state index is 5.61. The Labute approximate surface area is 103 Å². The first kappa shape index (κ1) is 12.4. The van der Waals surface area contributed by atoms with Crippen LogP contribution in [0, 0.1) is 0 Å². The third-order valence-electron chi connectivity index (χ3n) is 3.14. The summed E-state index contributed by atoms with van der Waals surface area (Å²) >= 11 is 0. The zero-order valence-corrected chi connectivity index (χ0v) is 10.4. The van der Waals surface area contributed by atoms with Crippen LogP contribution in [0.3, 0.4) is 0 Å². The number of anilines is 1. The first-order valence-corrected chi connectivity index (χ1v) is 6.32. The van der Waals surface area contributed by atoms with Gasteiger partial charge in [0.1, 0.15) is 0 Å². The molecule has 0 aromatic heterocycles. The Balaban J connectivity index is 1.89. The van der Waals surface area contributed by atoms with Gasteiger partial charge >= 0.3 is 0 Å². The Morgan fingerprint density at radius 1 is 1.41 bits per heavy atom. The second kappa shape index (κ2) is 6.62. The Morgan fingerprint density at radius 3 is 3.06 bits per heavy atom. The molecule has 1 aromatic carbocycles. The fraction of sp³-hybridized carbons (Fsp3) is 0.571. The number of para-hydroxylation sites is 1. The minimum Gasteiger partial charge on any atom is -0.384 e. The van der Waals surface area contributed by atoms with E-state index in [9.17, 15) is 0 Å². The van der Waals surface area contributed by atoms with Crippen molar-refractivity contribution in [2.45, 2.75) is 25.4 Å². The van der Waals surface area contributed by atoms with Crippen LogP contribution in [-0.2, 0) is 15.9 Å². The number of nitrogens with one attached hydrogen (secondary N) is 1. The lowest BCUT2D eigenvalue weighted by Crippen LogP contribution is -2.19. The lowest BCUT2D eigenvalue weighted by atomic mass is 10.1. The highest BCUT2D eigenvalue weighted by Crippen LogP contribution is 2.18. The van der Waals surface area contributed by atoms with Gasteiger partial charge in [-0.15, -0.1) is 0 Å². The zero-order valence-electron chi connectivity index (χ0n) is 10.4. The van der Waals surface area contributed by atoms with Crippen LogP contribution in [0.1, 0.15) is 18.4 Å². The van der Waals surface area contributed by atoms with Gasteiger partial charge in [-0.05, 0) is 30.9 Å². The molecule has 3 heteroatoms. The normalized spacial score (nSPS) is 19.5. The number of rotatable bonds is 6. The Hall–Kier alpha value is -1.06. The molecule has 1 heterocycles. The van der Waals surface area contributed by atoms with Crippen LogP contribution < -0.4 is 5.32 Å². The van der Waals surface area contributed by atoms with E-state index in [0.717, 1.165) is 26.2 Å². The van der Waals surface area contributed by atoms with Gasteiger partial charge in [0.05, 0.1) is 12.7 Å². The maximum atomic E-state index is 5.61. The van der Waals surface area contributed by atoms with E-state index < -0.39 is 0 Å². The third kappa shape index (κ3) is 3.72. The van der Waals surface area contributed by atoms with Gasteiger partial charge in [-0.25, -0.2) is 0 Å². The van der Waals surface area contributed by atoms with Crippen LogP contribution in [0.2, 0.25) is 0 Å². The molecule has 1 aliphatic heterocycles. The molecule has 0 radical (unpaired) electrons. The lowest BCUT2D eigenvalue weighted by Gasteiger charge is -2.15. The van der Waals surface area contributed by atoms with E-state index in [-0.39, 0.29) is 0 Å². The summed E-state index contributed by atoms with van der Waals surface area (Å²) in [6.07, 6.45) is 3.70. The number of hydrogen-bond acceptors (Lipinski definition) is 3. The first-order valence-electron chi connectivity index (χ1n) is 6.32. The van der Waals surface area contributed by atoms with E-state index in [1.807, 2.05) is 0 Å². The van der Waals surface area contributed by atoms with Gasteiger partial charge in [-0.1, -0.05) is 18.2 Å². The molecule has 1 aromatic rings. The average Bonchev–Trinajstić information content (AvgIpc) is 2.88. The van der Waals surface area contributed by atoms with Crippen molar-refractivity contribution in [2.24, 2.45) is 0 Å². The highest BCUT2D eigenvalue weighted by molar-refractivity contribution is 5.51. The molecular weight excluding hydrogens is 214 g/mol. The van der Waals surface area contributed by atoms with Crippen molar-refractivity contribution in [3.63, 3.8) is 0 Å². The molecule has 1 aliphatic rings. The summed E-state index contributed by atoms with van der Waals surface area (Å²) in [7, 11) is 1.74. The Kier molecular flexibility index (Phi) is 4.83. The van der Waals surface area contributed by atoms with Gasteiger partial charge in [-0.3, -0.25) is 0 Å². The first-order chi connectivity index (χ1) is 8.40. The van der Waals surface area contributed by atoms with Crippen LogP contribution in [0.5, 0.6) is 0 Å². The minimum absolute atomic E-state index is 0.380. The standard InChI is InChI=1S/C14H21NO2/c1-16-10-8-12-5-2-3-7-14(12)15-11-13-6-4-9-17-13/h2-3,5,7,13,15H,4,6,8-11H2,1H3. The van der Waals surface area contributed by atoms with Crippen LogP contribution in [-0.4, -0.2) is 33.0 Å². The Morgan fingerprint density at radius 2 is 2.29 bits per heavy atom. The van der Waals surface area contributed by atoms with Crippen molar-refractivity contribution >= 4 is 5.69 Å². The minimum atomic E-state index is 0.380. The molecule has 3 nitrogen and oxygen atoms in total.